The molecule has 0 aliphatic carbocycles. The third-order valence-corrected chi connectivity index (χ3v) is 5.60. The van der Waals surface area contributed by atoms with Crippen molar-refractivity contribution in [1.82, 2.24) is 4.90 Å². The second-order valence-corrected chi connectivity index (χ2v) is 8.42. The lowest BCUT2D eigenvalue weighted by Gasteiger charge is -2.24. The smallest absolute Gasteiger partial charge is 0.0667 e. The quantitative estimate of drug-likeness (QED) is 0.214. The average molecular weight is 386 g/mol. The minimum Gasteiger partial charge on any atom is -0.395 e. The van der Waals surface area contributed by atoms with Crippen molar-refractivity contribution in [1.29, 1.82) is 0 Å². The summed E-state index contributed by atoms with van der Waals surface area (Å²) >= 11 is 0. The normalized spacial score (nSPS) is 12.8. The predicted octanol–water partition coefficient (Wildman–Crippen LogP) is 6.31. The molecule has 0 rings (SSSR count). The van der Waals surface area contributed by atoms with Crippen molar-refractivity contribution < 1.29 is 10.2 Å². The molecular formula is C24H51NO2. The van der Waals surface area contributed by atoms with E-state index in [0.29, 0.717) is 6.54 Å². The summed E-state index contributed by atoms with van der Waals surface area (Å²) < 4.78 is 0. The number of hydrogen-bond acceptors (Lipinski definition) is 3. The van der Waals surface area contributed by atoms with E-state index in [4.69, 9.17) is 0 Å². The molecule has 0 heterocycles. The monoisotopic (exact) mass is 385 g/mol. The molecule has 3 nitrogen and oxygen atoms in total. The largest absolute Gasteiger partial charge is 0.395 e. The molecule has 0 bridgehead atoms. The van der Waals surface area contributed by atoms with Gasteiger partial charge in [-0.05, 0) is 19.4 Å². The van der Waals surface area contributed by atoms with Crippen molar-refractivity contribution in [3.8, 4) is 0 Å². The Labute approximate surface area is 170 Å². The predicted molar refractivity (Wildman–Crippen MR) is 119 cm³/mol. The molecular weight excluding hydrogens is 334 g/mol. The fourth-order valence-corrected chi connectivity index (χ4v) is 3.81. The van der Waals surface area contributed by atoms with Crippen LogP contribution in [0.5, 0.6) is 0 Å². The Kier molecular flexibility index (Phi) is 22.1. The zero-order chi connectivity index (χ0) is 20.0. The lowest BCUT2D eigenvalue weighted by atomic mass is 10.0. The summed E-state index contributed by atoms with van der Waals surface area (Å²) in [6.45, 7) is 7.13. The summed E-state index contributed by atoms with van der Waals surface area (Å²) in [6.07, 6.45) is 22.0. The second-order valence-electron chi connectivity index (χ2n) is 8.42. The van der Waals surface area contributed by atoms with Crippen LogP contribution in [0, 0.1) is 0 Å². The maximum Gasteiger partial charge on any atom is 0.0667 e. The van der Waals surface area contributed by atoms with Gasteiger partial charge in [-0.2, -0.15) is 0 Å². The summed E-state index contributed by atoms with van der Waals surface area (Å²) in [7, 11) is 0. The van der Waals surface area contributed by atoms with E-state index in [-0.39, 0.29) is 12.7 Å². The highest BCUT2D eigenvalue weighted by atomic mass is 16.3. The molecule has 3 heteroatoms. The van der Waals surface area contributed by atoms with Gasteiger partial charge in [-0.25, -0.2) is 0 Å². The molecule has 1 unspecified atom stereocenters. The van der Waals surface area contributed by atoms with Gasteiger partial charge in [0.2, 0.25) is 0 Å². The number of aliphatic hydroxyl groups is 2. The number of hydrogen-bond donors (Lipinski definition) is 2. The van der Waals surface area contributed by atoms with Gasteiger partial charge in [-0.15, -0.1) is 0 Å². The van der Waals surface area contributed by atoms with Crippen LogP contribution in [0.15, 0.2) is 0 Å². The Bertz CT molecular complexity index is 273. The number of rotatable bonds is 22. The molecule has 0 saturated carbocycles. The van der Waals surface area contributed by atoms with E-state index in [1.807, 2.05) is 0 Å². The van der Waals surface area contributed by atoms with Crippen LogP contribution in [0.3, 0.4) is 0 Å². The molecule has 0 aromatic carbocycles. The molecule has 0 radical (unpaired) electrons. The second kappa shape index (κ2) is 22.2. The summed E-state index contributed by atoms with van der Waals surface area (Å²) in [6, 6.07) is 0. The summed E-state index contributed by atoms with van der Waals surface area (Å²) in [5.74, 6) is 0. The van der Waals surface area contributed by atoms with Gasteiger partial charge < -0.3 is 10.2 Å². The topological polar surface area (TPSA) is 43.7 Å². The SMILES string of the molecule is CCCCCCCCCCCCCCC(O)CN(CCO)CCCCCC. The van der Waals surface area contributed by atoms with Crippen molar-refractivity contribution in [3.05, 3.63) is 0 Å². The third kappa shape index (κ3) is 20.4. The van der Waals surface area contributed by atoms with Crippen molar-refractivity contribution in [2.45, 2.75) is 129 Å². The first-order valence-electron chi connectivity index (χ1n) is 12.3. The maximum absolute atomic E-state index is 10.3. The molecule has 0 amide bonds. The Hall–Kier alpha value is -0.120. The standard InChI is InChI=1S/C24H51NO2/c1-3-5-7-9-10-11-12-13-14-15-16-17-19-24(27)23-25(21-22-26)20-18-8-6-4-2/h24,26-27H,3-23H2,1-2H3. The van der Waals surface area contributed by atoms with Crippen molar-refractivity contribution >= 4 is 0 Å². The number of unbranched alkanes of at least 4 members (excludes halogenated alkanes) is 14. The highest BCUT2D eigenvalue weighted by Gasteiger charge is 2.11. The van der Waals surface area contributed by atoms with Crippen LogP contribution in [-0.4, -0.2) is 47.5 Å². The van der Waals surface area contributed by atoms with Crippen molar-refractivity contribution in [3.63, 3.8) is 0 Å². The first kappa shape index (κ1) is 26.9. The Balaban J connectivity index is 3.48. The van der Waals surface area contributed by atoms with Crippen LogP contribution in [0.25, 0.3) is 0 Å². The first-order chi connectivity index (χ1) is 13.2. The molecule has 0 aromatic heterocycles. The van der Waals surface area contributed by atoms with Gasteiger partial charge in [-0.3, -0.25) is 4.90 Å². The Morgan fingerprint density at radius 1 is 0.593 bits per heavy atom. The summed E-state index contributed by atoms with van der Waals surface area (Å²) in [5, 5.41) is 19.5. The Morgan fingerprint density at radius 3 is 1.52 bits per heavy atom. The van der Waals surface area contributed by atoms with Crippen LogP contribution in [0.2, 0.25) is 0 Å². The molecule has 0 saturated heterocycles. The number of nitrogens with zero attached hydrogens (tertiary/aromatic N) is 1. The van der Waals surface area contributed by atoms with E-state index in [0.717, 1.165) is 25.9 Å². The highest BCUT2D eigenvalue weighted by molar-refractivity contribution is 4.65. The minimum absolute atomic E-state index is 0.194. The maximum atomic E-state index is 10.3. The van der Waals surface area contributed by atoms with Crippen molar-refractivity contribution in [2.75, 3.05) is 26.2 Å². The molecule has 27 heavy (non-hydrogen) atoms. The van der Waals surface area contributed by atoms with Gasteiger partial charge in [0.25, 0.3) is 0 Å². The zero-order valence-electron chi connectivity index (χ0n) is 18.8. The molecule has 0 aliphatic heterocycles. The van der Waals surface area contributed by atoms with E-state index >= 15 is 0 Å². The fourth-order valence-electron chi connectivity index (χ4n) is 3.81. The number of aliphatic hydroxyl groups excluding tert-OH is 2. The molecule has 0 fully saturated rings. The lowest BCUT2D eigenvalue weighted by molar-refractivity contribution is 0.0906. The van der Waals surface area contributed by atoms with E-state index in [1.54, 1.807) is 0 Å². The molecule has 2 N–H and O–H groups in total. The van der Waals surface area contributed by atoms with E-state index in [2.05, 4.69) is 18.7 Å². The van der Waals surface area contributed by atoms with Gasteiger partial charge in [0.1, 0.15) is 0 Å². The van der Waals surface area contributed by atoms with Crippen LogP contribution in [-0.2, 0) is 0 Å². The van der Waals surface area contributed by atoms with Crippen molar-refractivity contribution in [2.24, 2.45) is 0 Å². The summed E-state index contributed by atoms with van der Waals surface area (Å²) in [5.41, 5.74) is 0. The highest BCUT2D eigenvalue weighted by Crippen LogP contribution is 2.13. The van der Waals surface area contributed by atoms with E-state index in [9.17, 15) is 10.2 Å². The molecule has 0 aliphatic rings. The van der Waals surface area contributed by atoms with Gasteiger partial charge in [-0.1, -0.05) is 110 Å². The zero-order valence-corrected chi connectivity index (χ0v) is 18.8. The lowest BCUT2D eigenvalue weighted by Crippen LogP contribution is -2.35. The van der Waals surface area contributed by atoms with Gasteiger partial charge >= 0.3 is 0 Å². The molecule has 1 atom stereocenters. The Morgan fingerprint density at radius 2 is 1.04 bits per heavy atom. The average Bonchev–Trinajstić information content (AvgIpc) is 2.66. The van der Waals surface area contributed by atoms with Crippen LogP contribution < -0.4 is 0 Å². The van der Waals surface area contributed by atoms with Gasteiger partial charge in [0.05, 0.1) is 12.7 Å². The van der Waals surface area contributed by atoms with Crippen LogP contribution >= 0.6 is 0 Å². The molecule has 164 valence electrons. The third-order valence-electron chi connectivity index (χ3n) is 5.60. The summed E-state index contributed by atoms with van der Waals surface area (Å²) in [4.78, 5) is 2.24. The minimum atomic E-state index is -0.231. The molecule has 0 aromatic rings. The van der Waals surface area contributed by atoms with Gasteiger partial charge in [0.15, 0.2) is 0 Å². The van der Waals surface area contributed by atoms with Crippen LogP contribution in [0.1, 0.15) is 123 Å². The fraction of sp³-hybridized carbons (Fsp3) is 1.00. The van der Waals surface area contributed by atoms with Crippen LogP contribution in [0.4, 0.5) is 0 Å². The van der Waals surface area contributed by atoms with E-state index < -0.39 is 0 Å². The van der Waals surface area contributed by atoms with Gasteiger partial charge in [0, 0.05) is 13.1 Å². The molecule has 0 spiro atoms. The first-order valence-corrected chi connectivity index (χ1v) is 12.3. The van der Waals surface area contributed by atoms with E-state index in [1.165, 1.54) is 96.3 Å².